The third-order valence-electron chi connectivity index (χ3n) is 4.97. The lowest BCUT2D eigenvalue weighted by molar-refractivity contribution is -0.144. The quantitative estimate of drug-likeness (QED) is 0.107. The van der Waals surface area contributed by atoms with Crippen molar-refractivity contribution in [3.05, 3.63) is 0 Å². The maximum atomic E-state index is 11.9. The van der Waals surface area contributed by atoms with Crippen molar-refractivity contribution in [3.8, 4) is 0 Å². The minimum Gasteiger partial charge on any atom is -0.466 e. The number of unbranched alkanes of at least 4 members (excludes halogenated alkanes) is 2. The summed E-state index contributed by atoms with van der Waals surface area (Å²) in [5.41, 5.74) is 0. The Kier molecular flexibility index (Phi) is 26.5. The van der Waals surface area contributed by atoms with Crippen LogP contribution >= 0.6 is 23.5 Å². The van der Waals surface area contributed by atoms with Crippen molar-refractivity contribution < 1.29 is 28.7 Å². The van der Waals surface area contributed by atoms with Crippen LogP contribution in [0.4, 0.5) is 0 Å². The lowest BCUT2D eigenvalue weighted by Gasteiger charge is -2.08. The first-order valence-corrected chi connectivity index (χ1v) is 16.0. The van der Waals surface area contributed by atoms with E-state index in [1.54, 1.807) is 23.5 Å². The van der Waals surface area contributed by atoms with Crippen molar-refractivity contribution in [3.63, 3.8) is 0 Å². The highest BCUT2D eigenvalue weighted by Gasteiger charge is 2.05. The van der Waals surface area contributed by atoms with Crippen molar-refractivity contribution >= 4 is 47.3 Å². The number of hydrogen-bond acceptors (Lipinski definition) is 9. The van der Waals surface area contributed by atoms with Gasteiger partial charge in [-0.25, -0.2) is 0 Å². The zero-order valence-corrected chi connectivity index (χ0v) is 24.5. The monoisotopic (exact) mass is 563 g/mol. The van der Waals surface area contributed by atoms with Gasteiger partial charge in [-0.3, -0.25) is 19.2 Å². The topological polar surface area (TPSA) is 123 Å². The fourth-order valence-electron chi connectivity index (χ4n) is 2.94. The predicted octanol–water partition coefficient (Wildman–Crippen LogP) is 3.30. The smallest absolute Gasteiger partial charge is 0.305 e. The molecule has 0 atom stereocenters. The van der Waals surface area contributed by atoms with Crippen LogP contribution in [0.25, 0.3) is 0 Å². The molecule has 0 aliphatic carbocycles. The average Bonchev–Trinajstić information content (AvgIpc) is 2.88. The summed E-state index contributed by atoms with van der Waals surface area (Å²) in [5, 5.41) is 8.99. The summed E-state index contributed by atoms with van der Waals surface area (Å²) in [6.45, 7) is 7.38. The first-order valence-electron chi connectivity index (χ1n) is 13.7. The van der Waals surface area contributed by atoms with Crippen LogP contribution in [-0.2, 0) is 28.7 Å². The maximum absolute atomic E-state index is 11.9. The molecule has 11 heteroatoms. The summed E-state index contributed by atoms with van der Waals surface area (Å²) in [6.07, 6.45) is 7.17. The van der Waals surface area contributed by atoms with Gasteiger partial charge in [0.25, 0.3) is 0 Å². The van der Waals surface area contributed by atoms with Crippen molar-refractivity contribution in [2.75, 3.05) is 62.4 Å². The molecule has 0 aliphatic heterocycles. The van der Waals surface area contributed by atoms with Crippen LogP contribution in [-0.4, -0.2) is 86.2 Å². The number of esters is 2. The minimum absolute atomic E-state index is 0.0414. The average molecular weight is 564 g/mol. The number of carbonyl (C=O) groups excluding carboxylic acids is 4. The van der Waals surface area contributed by atoms with Crippen LogP contribution in [0.2, 0.25) is 0 Å². The molecule has 0 aromatic carbocycles. The summed E-state index contributed by atoms with van der Waals surface area (Å²) < 4.78 is 10.1. The molecule has 37 heavy (non-hydrogen) atoms. The molecule has 0 rings (SSSR count). The largest absolute Gasteiger partial charge is 0.466 e. The Morgan fingerprint density at radius 2 is 1.00 bits per heavy atom. The molecule has 0 unspecified atom stereocenters. The fraction of sp³-hybridized carbons (Fsp3) is 0.846. The highest BCUT2D eigenvalue weighted by atomic mass is 32.2. The van der Waals surface area contributed by atoms with E-state index in [1.165, 1.54) is 0 Å². The van der Waals surface area contributed by atoms with Gasteiger partial charge < -0.3 is 25.4 Å². The van der Waals surface area contributed by atoms with Crippen LogP contribution in [0.3, 0.4) is 0 Å². The van der Waals surface area contributed by atoms with Gasteiger partial charge in [-0.2, -0.15) is 23.5 Å². The number of thioether (sulfide) groups is 2. The standard InChI is InChI=1S/C26H49N3O6S2/c1-3-17-34-25(32)9-5-7-19-36-21-11-23(30)28-15-13-27-14-16-29-24(31)12-22-37-20-8-6-10-26(33)35-18-4-2/h27H,3-22H2,1-2H3,(H,28,30)(H,29,31). The normalized spacial score (nSPS) is 10.6. The Bertz CT molecular complexity index is 561. The molecule has 0 fully saturated rings. The first kappa shape index (κ1) is 35.5. The molecule has 0 heterocycles. The molecule has 0 aromatic heterocycles. The van der Waals surface area contributed by atoms with Crippen molar-refractivity contribution in [1.29, 1.82) is 0 Å². The molecule has 2 amide bonds. The van der Waals surface area contributed by atoms with E-state index in [2.05, 4.69) is 16.0 Å². The van der Waals surface area contributed by atoms with Gasteiger partial charge in [0.05, 0.1) is 13.2 Å². The van der Waals surface area contributed by atoms with E-state index < -0.39 is 0 Å². The third kappa shape index (κ3) is 27.4. The number of ether oxygens (including phenoxy) is 2. The van der Waals surface area contributed by atoms with Gasteiger partial charge in [0.1, 0.15) is 0 Å². The molecular weight excluding hydrogens is 514 g/mol. The van der Waals surface area contributed by atoms with E-state index in [0.29, 0.717) is 65.1 Å². The Morgan fingerprint density at radius 3 is 1.41 bits per heavy atom. The highest BCUT2D eigenvalue weighted by molar-refractivity contribution is 7.99. The lowest BCUT2D eigenvalue weighted by Crippen LogP contribution is -2.36. The Balaban J connectivity index is 3.36. The number of amides is 2. The Morgan fingerprint density at radius 1 is 0.568 bits per heavy atom. The minimum atomic E-state index is -0.122. The Labute approximate surface area is 232 Å². The zero-order valence-electron chi connectivity index (χ0n) is 22.9. The molecule has 0 aromatic rings. The zero-order chi connectivity index (χ0) is 27.4. The number of hydrogen-bond donors (Lipinski definition) is 3. The van der Waals surface area contributed by atoms with E-state index in [1.807, 2.05) is 13.8 Å². The molecule has 0 bridgehead atoms. The number of nitrogens with one attached hydrogen (secondary N) is 3. The fourth-order valence-corrected chi connectivity index (χ4v) is 4.82. The SMILES string of the molecule is CCCOC(=O)CCCCSCCC(=O)NCCNCCNC(=O)CCSCCCCC(=O)OCCC. The summed E-state index contributed by atoms with van der Waals surface area (Å²) in [4.78, 5) is 46.5. The highest BCUT2D eigenvalue weighted by Crippen LogP contribution is 2.09. The van der Waals surface area contributed by atoms with Crippen LogP contribution in [0.15, 0.2) is 0 Å². The molecule has 9 nitrogen and oxygen atoms in total. The van der Waals surface area contributed by atoms with Crippen molar-refractivity contribution in [2.45, 2.75) is 78.1 Å². The van der Waals surface area contributed by atoms with Gasteiger partial charge in [-0.15, -0.1) is 0 Å². The van der Waals surface area contributed by atoms with E-state index in [-0.39, 0.29) is 23.8 Å². The van der Waals surface area contributed by atoms with E-state index in [4.69, 9.17) is 9.47 Å². The van der Waals surface area contributed by atoms with E-state index >= 15 is 0 Å². The third-order valence-corrected chi connectivity index (χ3v) is 7.11. The Hall–Kier alpha value is -1.46. The van der Waals surface area contributed by atoms with Crippen LogP contribution in [0.5, 0.6) is 0 Å². The summed E-state index contributed by atoms with van der Waals surface area (Å²) in [7, 11) is 0. The van der Waals surface area contributed by atoms with Crippen molar-refractivity contribution in [1.82, 2.24) is 16.0 Å². The van der Waals surface area contributed by atoms with Gasteiger partial charge in [-0.05, 0) is 50.0 Å². The molecule has 0 aliphatic rings. The molecule has 0 saturated heterocycles. The second kappa shape index (κ2) is 27.6. The molecule has 0 spiro atoms. The summed E-state index contributed by atoms with van der Waals surface area (Å²) in [5.74, 6) is 3.27. The number of carbonyl (C=O) groups is 4. The molecule has 3 N–H and O–H groups in total. The summed E-state index contributed by atoms with van der Waals surface area (Å²) in [6, 6.07) is 0. The maximum Gasteiger partial charge on any atom is 0.305 e. The van der Waals surface area contributed by atoms with Crippen LogP contribution in [0.1, 0.15) is 78.1 Å². The van der Waals surface area contributed by atoms with E-state index in [0.717, 1.165) is 61.5 Å². The van der Waals surface area contributed by atoms with Crippen LogP contribution in [0, 0.1) is 0 Å². The second-order valence-electron chi connectivity index (χ2n) is 8.53. The van der Waals surface area contributed by atoms with Gasteiger partial charge in [0, 0.05) is 63.4 Å². The van der Waals surface area contributed by atoms with Gasteiger partial charge >= 0.3 is 11.9 Å². The predicted molar refractivity (Wildman–Crippen MR) is 153 cm³/mol. The van der Waals surface area contributed by atoms with Crippen molar-refractivity contribution in [2.24, 2.45) is 0 Å². The molecule has 216 valence electrons. The lowest BCUT2D eigenvalue weighted by atomic mass is 10.2. The summed E-state index contributed by atoms with van der Waals surface area (Å²) >= 11 is 3.46. The second-order valence-corrected chi connectivity index (χ2v) is 11.0. The van der Waals surface area contributed by atoms with Gasteiger partial charge in [-0.1, -0.05) is 13.8 Å². The number of rotatable bonds is 26. The van der Waals surface area contributed by atoms with Gasteiger partial charge in [0.15, 0.2) is 0 Å². The molecule has 0 radical (unpaired) electrons. The van der Waals surface area contributed by atoms with Gasteiger partial charge in [0.2, 0.25) is 11.8 Å². The first-order chi connectivity index (χ1) is 18.0. The van der Waals surface area contributed by atoms with E-state index in [9.17, 15) is 19.2 Å². The molecular formula is C26H49N3O6S2. The van der Waals surface area contributed by atoms with Crippen LogP contribution < -0.4 is 16.0 Å². The molecule has 0 saturated carbocycles.